The van der Waals surface area contributed by atoms with Crippen molar-refractivity contribution in [3.63, 3.8) is 0 Å². The van der Waals surface area contributed by atoms with E-state index in [1.165, 1.54) is 11.3 Å². The maximum atomic E-state index is 13.2. The largest absolute Gasteiger partial charge is 0.492 e. The van der Waals surface area contributed by atoms with Crippen molar-refractivity contribution in [2.75, 3.05) is 32.8 Å². The summed E-state index contributed by atoms with van der Waals surface area (Å²) in [6.07, 6.45) is 6.25. The number of likely N-dealkylation sites (tertiary alicyclic amines) is 1. The van der Waals surface area contributed by atoms with Crippen LogP contribution in [0.3, 0.4) is 0 Å². The second-order valence-corrected chi connectivity index (χ2v) is 8.66. The molecule has 6 heteroatoms. The van der Waals surface area contributed by atoms with Crippen molar-refractivity contribution in [3.8, 4) is 5.75 Å². The Morgan fingerprint density at radius 2 is 2.10 bits per heavy atom. The van der Waals surface area contributed by atoms with Gasteiger partial charge >= 0.3 is 0 Å². The van der Waals surface area contributed by atoms with E-state index in [1.54, 1.807) is 0 Å². The smallest absolute Gasteiger partial charge is 0.236 e. The highest BCUT2D eigenvalue weighted by molar-refractivity contribution is 5.78. The normalized spacial score (nSPS) is 24.0. The molecule has 0 N–H and O–H groups in total. The summed E-state index contributed by atoms with van der Waals surface area (Å²) in [7, 11) is 0. The number of benzene rings is 1. The standard InChI is InChI=1S/C23H28N4O2/c1-17-24-13-18-7-9-23(22(18)25-17)8-4-10-27(16-23)21(28)15-26-11-12-29-20-6-3-2-5-19(20)14-26/h2-3,5-6,13H,4,7-12,14-16H2,1H3. The summed E-state index contributed by atoms with van der Waals surface area (Å²) in [5, 5.41) is 0. The van der Waals surface area contributed by atoms with Gasteiger partial charge in [0.05, 0.1) is 12.2 Å². The Labute approximate surface area is 171 Å². The average Bonchev–Trinajstić information content (AvgIpc) is 2.93. The van der Waals surface area contributed by atoms with Crippen molar-refractivity contribution in [2.24, 2.45) is 0 Å². The number of nitrogens with zero attached hydrogens (tertiary/aromatic N) is 4. The van der Waals surface area contributed by atoms with Gasteiger partial charge in [-0.3, -0.25) is 9.69 Å². The lowest BCUT2D eigenvalue weighted by Gasteiger charge is -2.41. The summed E-state index contributed by atoms with van der Waals surface area (Å²) in [6, 6.07) is 8.13. The fourth-order valence-electron chi connectivity index (χ4n) is 5.18. The predicted molar refractivity (Wildman–Crippen MR) is 110 cm³/mol. The minimum atomic E-state index is 0.0193. The summed E-state index contributed by atoms with van der Waals surface area (Å²) in [5.41, 5.74) is 3.64. The minimum absolute atomic E-state index is 0.0193. The Kier molecular flexibility index (Phi) is 4.74. The Hall–Kier alpha value is -2.47. The van der Waals surface area contributed by atoms with Gasteiger partial charge in [0.1, 0.15) is 18.2 Å². The Bertz CT molecular complexity index is 927. The molecule has 1 fully saturated rings. The minimum Gasteiger partial charge on any atom is -0.492 e. The molecule has 1 aliphatic carbocycles. The fraction of sp³-hybridized carbons (Fsp3) is 0.522. The van der Waals surface area contributed by atoms with E-state index in [0.717, 1.165) is 69.0 Å². The van der Waals surface area contributed by atoms with Crippen molar-refractivity contribution in [3.05, 3.63) is 53.1 Å². The molecule has 1 aromatic carbocycles. The van der Waals surface area contributed by atoms with Gasteiger partial charge in [-0.25, -0.2) is 9.97 Å². The highest BCUT2D eigenvalue weighted by atomic mass is 16.5. The van der Waals surface area contributed by atoms with Crippen LogP contribution in [-0.4, -0.2) is 58.5 Å². The number of aromatic nitrogens is 2. The monoisotopic (exact) mass is 392 g/mol. The molecule has 0 saturated carbocycles. The van der Waals surface area contributed by atoms with Crippen LogP contribution in [0.4, 0.5) is 0 Å². The lowest BCUT2D eigenvalue weighted by atomic mass is 9.77. The zero-order valence-electron chi connectivity index (χ0n) is 17.1. The van der Waals surface area contributed by atoms with Crippen LogP contribution in [0.1, 0.15) is 41.9 Å². The highest BCUT2D eigenvalue weighted by Crippen LogP contribution is 2.43. The first-order valence-electron chi connectivity index (χ1n) is 10.7. The second kappa shape index (κ2) is 7.41. The highest BCUT2D eigenvalue weighted by Gasteiger charge is 2.44. The second-order valence-electron chi connectivity index (χ2n) is 8.66. The first-order valence-corrected chi connectivity index (χ1v) is 10.7. The molecule has 29 heavy (non-hydrogen) atoms. The molecule has 3 heterocycles. The van der Waals surface area contributed by atoms with Crippen LogP contribution in [0, 0.1) is 6.92 Å². The Balaban J connectivity index is 1.30. The van der Waals surface area contributed by atoms with E-state index in [1.807, 2.05) is 31.3 Å². The molecule has 1 spiro atoms. The van der Waals surface area contributed by atoms with Crippen molar-refractivity contribution in [1.29, 1.82) is 0 Å². The fourth-order valence-corrected chi connectivity index (χ4v) is 5.18. The molecule has 2 aliphatic heterocycles. The van der Waals surface area contributed by atoms with Gasteiger partial charge in [0.15, 0.2) is 0 Å². The first-order chi connectivity index (χ1) is 14.1. The zero-order chi connectivity index (χ0) is 19.8. The van der Waals surface area contributed by atoms with E-state index < -0.39 is 0 Å². The van der Waals surface area contributed by atoms with E-state index >= 15 is 0 Å². The van der Waals surface area contributed by atoms with Crippen LogP contribution in [0.15, 0.2) is 30.5 Å². The molecule has 3 aliphatic rings. The van der Waals surface area contributed by atoms with E-state index in [9.17, 15) is 4.79 Å². The van der Waals surface area contributed by atoms with Gasteiger partial charge < -0.3 is 9.64 Å². The first kappa shape index (κ1) is 18.6. The van der Waals surface area contributed by atoms with Crippen LogP contribution in [0.5, 0.6) is 5.75 Å². The third kappa shape index (κ3) is 3.50. The van der Waals surface area contributed by atoms with Crippen LogP contribution in [0.2, 0.25) is 0 Å². The number of carbonyl (C=O) groups excluding carboxylic acids is 1. The topological polar surface area (TPSA) is 58.6 Å². The summed E-state index contributed by atoms with van der Waals surface area (Å²) in [6.45, 7) is 6.19. The maximum absolute atomic E-state index is 13.2. The molecule has 152 valence electrons. The Morgan fingerprint density at radius 1 is 1.21 bits per heavy atom. The van der Waals surface area contributed by atoms with Crippen LogP contribution >= 0.6 is 0 Å². The number of hydrogen-bond acceptors (Lipinski definition) is 5. The third-order valence-corrected chi connectivity index (χ3v) is 6.68. The number of carbonyl (C=O) groups is 1. The number of amides is 1. The van der Waals surface area contributed by atoms with Gasteiger partial charge in [-0.05, 0) is 44.2 Å². The molecule has 2 aromatic rings. The number of hydrogen-bond donors (Lipinski definition) is 0. The van der Waals surface area contributed by atoms with Crippen molar-refractivity contribution in [2.45, 2.75) is 44.6 Å². The quantitative estimate of drug-likeness (QED) is 0.786. The van der Waals surface area contributed by atoms with Gasteiger partial charge in [0, 0.05) is 43.4 Å². The van der Waals surface area contributed by atoms with Gasteiger partial charge in [0.25, 0.3) is 0 Å². The molecule has 1 unspecified atom stereocenters. The van der Waals surface area contributed by atoms with Gasteiger partial charge in [-0.2, -0.15) is 0 Å². The summed E-state index contributed by atoms with van der Waals surface area (Å²) in [4.78, 5) is 26.7. The van der Waals surface area contributed by atoms with Gasteiger partial charge in [-0.15, -0.1) is 0 Å². The van der Waals surface area contributed by atoms with Crippen molar-refractivity contribution < 1.29 is 9.53 Å². The molecular weight excluding hydrogens is 364 g/mol. The molecule has 1 aromatic heterocycles. The van der Waals surface area contributed by atoms with Crippen LogP contribution in [0.25, 0.3) is 0 Å². The summed E-state index contributed by atoms with van der Waals surface area (Å²) < 4.78 is 5.85. The van der Waals surface area contributed by atoms with E-state index in [-0.39, 0.29) is 11.3 Å². The molecule has 6 nitrogen and oxygen atoms in total. The third-order valence-electron chi connectivity index (χ3n) is 6.68. The lowest BCUT2D eigenvalue weighted by molar-refractivity contribution is -0.134. The zero-order valence-corrected chi connectivity index (χ0v) is 17.1. The van der Waals surface area contributed by atoms with E-state index in [2.05, 4.69) is 20.9 Å². The van der Waals surface area contributed by atoms with E-state index in [0.29, 0.717) is 13.2 Å². The molecule has 1 atom stereocenters. The summed E-state index contributed by atoms with van der Waals surface area (Å²) >= 11 is 0. The van der Waals surface area contributed by atoms with Crippen molar-refractivity contribution >= 4 is 5.91 Å². The molecule has 0 radical (unpaired) electrons. The number of piperidine rings is 1. The Morgan fingerprint density at radius 3 is 3.03 bits per heavy atom. The SMILES string of the molecule is Cc1ncc2c(n1)C1(CCCN(C(=O)CN3CCOc4ccccc4C3)C1)CC2. The molecule has 1 amide bonds. The molecule has 1 saturated heterocycles. The molecule has 5 rings (SSSR count). The summed E-state index contributed by atoms with van der Waals surface area (Å²) in [5.74, 6) is 2.00. The van der Waals surface area contributed by atoms with Crippen molar-refractivity contribution in [1.82, 2.24) is 19.8 Å². The number of aryl methyl sites for hydroxylation is 2. The van der Waals surface area contributed by atoms with Gasteiger partial charge in [-0.1, -0.05) is 18.2 Å². The average molecular weight is 393 g/mol. The maximum Gasteiger partial charge on any atom is 0.236 e. The number of fused-ring (bicyclic) bond motifs is 3. The lowest BCUT2D eigenvalue weighted by Crippen LogP contribution is -2.50. The number of rotatable bonds is 2. The van der Waals surface area contributed by atoms with Gasteiger partial charge in [0.2, 0.25) is 5.91 Å². The van der Waals surface area contributed by atoms with Crippen LogP contribution in [-0.2, 0) is 23.2 Å². The van der Waals surface area contributed by atoms with E-state index in [4.69, 9.17) is 9.72 Å². The molecule has 0 bridgehead atoms. The predicted octanol–water partition coefficient (Wildman–Crippen LogP) is 2.49. The molecular formula is C23H28N4O2. The van der Waals surface area contributed by atoms with Crippen LogP contribution < -0.4 is 4.74 Å². The number of ether oxygens (including phenoxy) is 1. The number of para-hydroxylation sites is 1.